The molecular weight excluding hydrogens is 282 g/mol. The predicted octanol–water partition coefficient (Wildman–Crippen LogP) is 1.05. The number of primary amides is 1. The lowest BCUT2D eigenvalue weighted by atomic mass is 10.0. The molecule has 0 aliphatic heterocycles. The van der Waals surface area contributed by atoms with E-state index in [-0.39, 0.29) is 22.6 Å². The van der Waals surface area contributed by atoms with Gasteiger partial charge in [0.2, 0.25) is 5.91 Å². The number of phenols is 1. The second-order valence-corrected chi connectivity index (χ2v) is 4.81. The lowest BCUT2D eigenvalue weighted by Crippen LogP contribution is -2.29. The van der Waals surface area contributed by atoms with Gasteiger partial charge in [0.25, 0.3) is 5.91 Å². The van der Waals surface area contributed by atoms with Gasteiger partial charge < -0.3 is 21.9 Å². The molecule has 0 bridgehead atoms. The van der Waals surface area contributed by atoms with E-state index in [1.165, 1.54) is 6.07 Å². The average molecular weight is 299 g/mol. The van der Waals surface area contributed by atoms with Crippen LogP contribution in [0.25, 0.3) is 0 Å². The third-order valence-electron chi connectivity index (χ3n) is 3.22. The molecule has 0 aliphatic carbocycles. The summed E-state index contributed by atoms with van der Waals surface area (Å²) in [6.45, 7) is 0.371. The van der Waals surface area contributed by atoms with E-state index in [0.717, 1.165) is 5.56 Å². The highest BCUT2D eigenvalue weighted by atomic mass is 16.3. The number of carbonyl (C=O) groups excluding carboxylic acids is 2. The summed E-state index contributed by atoms with van der Waals surface area (Å²) in [5, 5.41) is 11.9. The molecule has 0 aromatic heterocycles. The molecule has 0 saturated carbocycles. The highest BCUT2D eigenvalue weighted by molar-refractivity contribution is 6.09. The van der Waals surface area contributed by atoms with Gasteiger partial charge in [0.15, 0.2) is 0 Å². The first-order chi connectivity index (χ1) is 10.5. The Kier molecular flexibility index (Phi) is 4.63. The molecule has 2 aromatic carbocycles. The molecule has 2 amide bonds. The fourth-order valence-electron chi connectivity index (χ4n) is 2.10. The summed E-state index contributed by atoms with van der Waals surface area (Å²) in [5.74, 6) is -0.947. The van der Waals surface area contributed by atoms with E-state index in [0.29, 0.717) is 13.0 Å². The number of phenolic OH excluding ortho intramolecular Hbond substituents is 1. The van der Waals surface area contributed by atoms with E-state index in [1.807, 2.05) is 0 Å². The molecule has 22 heavy (non-hydrogen) atoms. The fourth-order valence-corrected chi connectivity index (χ4v) is 2.10. The van der Waals surface area contributed by atoms with E-state index < -0.39 is 11.8 Å². The number of carbonyl (C=O) groups is 2. The van der Waals surface area contributed by atoms with Crippen molar-refractivity contribution in [3.05, 3.63) is 59.2 Å². The maximum Gasteiger partial charge on any atom is 0.254 e. The molecule has 6 N–H and O–H groups in total. The lowest BCUT2D eigenvalue weighted by Gasteiger charge is -2.10. The molecule has 0 fully saturated rings. The van der Waals surface area contributed by atoms with Gasteiger partial charge in [0.1, 0.15) is 5.75 Å². The summed E-state index contributed by atoms with van der Waals surface area (Å²) >= 11 is 0. The normalized spacial score (nSPS) is 10.2. The summed E-state index contributed by atoms with van der Waals surface area (Å²) in [7, 11) is 0. The standard InChI is InChI=1S/C16H17N3O3/c17-13-3-1-2-12(15(18)21)14(13)16(22)19-9-8-10-4-6-11(20)7-5-10/h1-7,20H,8-9,17H2,(H2,18,21)(H,19,22). The number of anilines is 1. The first kappa shape index (κ1) is 15.4. The van der Waals surface area contributed by atoms with Crippen molar-refractivity contribution in [3.8, 4) is 5.75 Å². The zero-order chi connectivity index (χ0) is 16.1. The van der Waals surface area contributed by atoms with Crippen LogP contribution in [0.1, 0.15) is 26.3 Å². The molecule has 114 valence electrons. The van der Waals surface area contributed by atoms with Crippen LogP contribution in [-0.2, 0) is 6.42 Å². The Morgan fingerprint density at radius 2 is 1.77 bits per heavy atom. The quantitative estimate of drug-likeness (QED) is 0.617. The highest BCUT2D eigenvalue weighted by Crippen LogP contribution is 2.16. The highest BCUT2D eigenvalue weighted by Gasteiger charge is 2.17. The van der Waals surface area contributed by atoms with Gasteiger partial charge in [-0.25, -0.2) is 0 Å². The molecule has 6 heteroatoms. The van der Waals surface area contributed by atoms with E-state index in [2.05, 4.69) is 5.32 Å². The molecule has 2 rings (SSSR count). The van der Waals surface area contributed by atoms with Crippen LogP contribution in [0.15, 0.2) is 42.5 Å². The molecule has 0 spiro atoms. The van der Waals surface area contributed by atoms with Crippen LogP contribution >= 0.6 is 0 Å². The van der Waals surface area contributed by atoms with Gasteiger partial charge in [0.05, 0.1) is 11.1 Å². The first-order valence-corrected chi connectivity index (χ1v) is 6.73. The third-order valence-corrected chi connectivity index (χ3v) is 3.22. The average Bonchev–Trinajstić information content (AvgIpc) is 2.48. The van der Waals surface area contributed by atoms with Crippen LogP contribution in [0.3, 0.4) is 0 Å². The number of nitrogens with two attached hydrogens (primary N) is 2. The number of benzene rings is 2. The maximum atomic E-state index is 12.2. The molecule has 0 heterocycles. The van der Waals surface area contributed by atoms with Gasteiger partial charge in [0, 0.05) is 12.2 Å². The lowest BCUT2D eigenvalue weighted by molar-refractivity contribution is 0.0937. The largest absolute Gasteiger partial charge is 0.508 e. The number of nitrogen functional groups attached to an aromatic ring is 1. The number of hydrogen-bond acceptors (Lipinski definition) is 4. The summed E-state index contributed by atoms with van der Waals surface area (Å²) in [6.07, 6.45) is 0.588. The molecule has 0 atom stereocenters. The van der Waals surface area contributed by atoms with Crippen LogP contribution in [0, 0.1) is 0 Å². The van der Waals surface area contributed by atoms with Crippen molar-refractivity contribution in [2.24, 2.45) is 5.73 Å². The Hall–Kier alpha value is -3.02. The fraction of sp³-hybridized carbons (Fsp3) is 0.125. The minimum Gasteiger partial charge on any atom is -0.508 e. The smallest absolute Gasteiger partial charge is 0.254 e. The SMILES string of the molecule is NC(=O)c1cccc(N)c1C(=O)NCCc1ccc(O)cc1. The summed E-state index contributed by atoms with van der Waals surface area (Å²) < 4.78 is 0. The minimum atomic E-state index is -0.698. The summed E-state index contributed by atoms with van der Waals surface area (Å²) in [5.41, 5.74) is 12.4. The summed E-state index contributed by atoms with van der Waals surface area (Å²) in [4.78, 5) is 23.6. The molecule has 0 aliphatic rings. The van der Waals surface area contributed by atoms with Crippen molar-refractivity contribution in [2.75, 3.05) is 12.3 Å². The Labute approximate surface area is 127 Å². The number of hydrogen-bond donors (Lipinski definition) is 4. The Bertz CT molecular complexity index is 696. The zero-order valence-corrected chi connectivity index (χ0v) is 11.9. The van der Waals surface area contributed by atoms with Crippen molar-refractivity contribution in [1.29, 1.82) is 0 Å². The number of nitrogens with one attached hydrogen (secondary N) is 1. The van der Waals surface area contributed by atoms with Crippen LogP contribution in [-0.4, -0.2) is 23.5 Å². The Morgan fingerprint density at radius 1 is 1.09 bits per heavy atom. The van der Waals surface area contributed by atoms with E-state index in [1.54, 1.807) is 36.4 Å². The van der Waals surface area contributed by atoms with Crippen molar-refractivity contribution in [2.45, 2.75) is 6.42 Å². The number of aromatic hydroxyl groups is 1. The Balaban J connectivity index is 2.04. The van der Waals surface area contributed by atoms with Crippen molar-refractivity contribution >= 4 is 17.5 Å². The van der Waals surface area contributed by atoms with Crippen LogP contribution in [0.4, 0.5) is 5.69 Å². The van der Waals surface area contributed by atoms with Crippen molar-refractivity contribution in [3.63, 3.8) is 0 Å². The second-order valence-electron chi connectivity index (χ2n) is 4.81. The Morgan fingerprint density at radius 3 is 2.41 bits per heavy atom. The van der Waals surface area contributed by atoms with Gasteiger partial charge in [-0.05, 0) is 36.2 Å². The maximum absolute atomic E-state index is 12.2. The molecular formula is C16H17N3O3. The zero-order valence-electron chi connectivity index (χ0n) is 11.9. The first-order valence-electron chi connectivity index (χ1n) is 6.73. The molecule has 2 aromatic rings. The van der Waals surface area contributed by atoms with Gasteiger partial charge in [-0.3, -0.25) is 9.59 Å². The summed E-state index contributed by atoms with van der Waals surface area (Å²) in [6, 6.07) is 11.3. The minimum absolute atomic E-state index is 0.0979. The molecule has 0 saturated heterocycles. The predicted molar refractivity (Wildman–Crippen MR) is 83.5 cm³/mol. The van der Waals surface area contributed by atoms with Crippen LogP contribution in [0.2, 0.25) is 0 Å². The van der Waals surface area contributed by atoms with Crippen molar-refractivity contribution < 1.29 is 14.7 Å². The van der Waals surface area contributed by atoms with E-state index in [4.69, 9.17) is 11.5 Å². The van der Waals surface area contributed by atoms with Gasteiger partial charge >= 0.3 is 0 Å². The third kappa shape index (κ3) is 3.54. The molecule has 0 unspecified atom stereocenters. The van der Waals surface area contributed by atoms with E-state index in [9.17, 15) is 14.7 Å². The van der Waals surface area contributed by atoms with Crippen LogP contribution in [0.5, 0.6) is 5.75 Å². The second kappa shape index (κ2) is 6.62. The molecule has 0 radical (unpaired) electrons. The topological polar surface area (TPSA) is 118 Å². The number of amides is 2. The van der Waals surface area contributed by atoms with E-state index >= 15 is 0 Å². The molecule has 6 nitrogen and oxygen atoms in total. The monoisotopic (exact) mass is 299 g/mol. The van der Waals surface area contributed by atoms with Crippen LogP contribution < -0.4 is 16.8 Å². The number of rotatable bonds is 5. The van der Waals surface area contributed by atoms with Gasteiger partial charge in [-0.2, -0.15) is 0 Å². The van der Waals surface area contributed by atoms with Gasteiger partial charge in [-0.15, -0.1) is 0 Å². The van der Waals surface area contributed by atoms with Gasteiger partial charge in [-0.1, -0.05) is 18.2 Å². The van der Waals surface area contributed by atoms with Crippen molar-refractivity contribution in [1.82, 2.24) is 5.32 Å².